The predicted molar refractivity (Wildman–Crippen MR) is 131 cm³/mol. The molecule has 0 saturated carbocycles. The van der Waals surface area contributed by atoms with Crippen molar-refractivity contribution in [3.63, 3.8) is 0 Å². The number of fused-ring (bicyclic) bond motifs is 2. The van der Waals surface area contributed by atoms with Crippen molar-refractivity contribution in [3.8, 4) is 0 Å². The first kappa shape index (κ1) is 21.7. The van der Waals surface area contributed by atoms with Crippen LogP contribution in [0.1, 0.15) is 41.3 Å². The number of hydrogen-bond acceptors (Lipinski definition) is 3. The smallest absolute Gasteiger partial charge is 0.330 e. The van der Waals surface area contributed by atoms with Crippen molar-refractivity contribution >= 4 is 22.7 Å². The van der Waals surface area contributed by atoms with Gasteiger partial charge in [-0.25, -0.2) is 10.2 Å². The average molecular weight is 454 g/mol. The van der Waals surface area contributed by atoms with Gasteiger partial charge in [0, 0.05) is 11.3 Å². The molecular weight excluding hydrogens is 426 g/mol. The summed E-state index contributed by atoms with van der Waals surface area (Å²) >= 11 is 0. The zero-order valence-electron chi connectivity index (χ0n) is 18.8. The molecule has 1 atom stereocenters. The zero-order chi connectivity index (χ0) is 23.3. The fourth-order valence-electron chi connectivity index (χ4n) is 4.56. The molecule has 1 unspecified atom stereocenters. The van der Waals surface area contributed by atoms with Crippen LogP contribution in [0.5, 0.6) is 0 Å². The number of urea groups is 1. The minimum atomic E-state index is -0.430. The third kappa shape index (κ3) is 4.93. The topological polar surface area (TPSA) is 88.1 Å². The molecule has 0 radical (unpaired) electrons. The molecule has 1 aliphatic rings. The quantitative estimate of drug-likeness (QED) is 0.399. The minimum absolute atomic E-state index is 0.134. The highest BCUT2D eigenvalue weighted by molar-refractivity contribution is 5.86. The predicted octanol–water partition coefficient (Wildman–Crippen LogP) is 4.04. The van der Waals surface area contributed by atoms with Crippen molar-refractivity contribution in [2.45, 2.75) is 38.3 Å². The van der Waals surface area contributed by atoms with Crippen LogP contribution in [-0.4, -0.2) is 21.7 Å². The number of amides is 3. The molecule has 4 aromatic rings. The number of aromatic nitrogens is 2. The molecule has 1 heterocycles. The summed E-state index contributed by atoms with van der Waals surface area (Å²) in [7, 11) is 0. The van der Waals surface area contributed by atoms with Gasteiger partial charge >= 0.3 is 6.03 Å². The number of hydrogen-bond donors (Lipinski definition) is 3. The molecule has 1 aliphatic carbocycles. The van der Waals surface area contributed by atoms with E-state index in [1.807, 2.05) is 71.5 Å². The Bertz CT molecular complexity index is 1320. The minimum Gasteiger partial charge on any atom is -0.330 e. The molecule has 0 aliphatic heterocycles. The van der Waals surface area contributed by atoms with Crippen LogP contribution < -0.4 is 16.2 Å². The van der Waals surface area contributed by atoms with E-state index in [0.717, 1.165) is 46.9 Å². The molecule has 3 amide bonds. The van der Waals surface area contributed by atoms with Crippen LogP contribution in [0.2, 0.25) is 0 Å². The van der Waals surface area contributed by atoms with Gasteiger partial charge in [0.1, 0.15) is 0 Å². The van der Waals surface area contributed by atoms with Gasteiger partial charge in [0.25, 0.3) is 0 Å². The first-order chi connectivity index (χ1) is 16.7. The van der Waals surface area contributed by atoms with Gasteiger partial charge in [-0.1, -0.05) is 72.8 Å². The van der Waals surface area contributed by atoms with Crippen molar-refractivity contribution in [1.82, 2.24) is 25.9 Å². The number of nitrogens with one attached hydrogen (secondary N) is 3. The largest absolute Gasteiger partial charge is 0.333 e. The Morgan fingerprint density at radius 3 is 2.56 bits per heavy atom. The molecule has 172 valence electrons. The van der Waals surface area contributed by atoms with Gasteiger partial charge in [-0.05, 0) is 41.2 Å². The maximum Gasteiger partial charge on any atom is 0.333 e. The van der Waals surface area contributed by atoms with Gasteiger partial charge in [-0.3, -0.25) is 14.9 Å². The van der Waals surface area contributed by atoms with Crippen LogP contribution in [0, 0.1) is 0 Å². The molecule has 3 N–H and O–H groups in total. The van der Waals surface area contributed by atoms with Gasteiger partial charge < -0.3 is 5.32 Å². The van der Waals surface area contributed by atoms with Crippen LogP contribution in [-0.2, 0) is 24.2 Å². The van der Waals surface area contributed by atoms with Crippen LogP contribution in [0.3, 0.4) is 0 Å². The van der Waals surface area contributed by atoms with E-state index >= 15 is 0 Å². The maximum absolute atomic E-state index is 12.5. The Kier molecular flexibility index (Phi) is 6.25. The highest BCUT2D eigenvalue weighted by Gasteiger charge is 2.25. The van der Waals surface area contributed by atoms with E-state index in [0.29, 0.717) is 6.54 Å². The van der Waals surface area contributed by atoms with Crippen molar-refractivity contribution in [3.05, 3.63) is 101 Å². The fourth-order valence-corrected chi connectivity index (χ4v) is 4.56. The Morgan fingerprint density at radius 2 is 1.71 bits per heavy atom. The van der Waals surface area contributed by atoms with Crippen LogP contribution in [0.15, 0.2) is 79.0 Å². The molecular formula is C27H27N5O2. The fraction of sp³-hybridized carbons (Fsp3) is 0.222. The summed E-state index contributed by atoms with van der Waals surface area (Å²) in [5.74, 6) is -0.273. The van der Waals surface area contributed by atoms with Crippen LogP contribution in [0.25, 0.3) is 10.8 Å². The lowest BCUT2D eigenvalue weighted by atomic mass is 9.93. The third-order valence-electron chi connectivity index (χ3n) is 6.24. The van der Waals surface area contributed by atoms with E-state index in [4.69, 9.17) is 0 Å². The summed E-state index contributed by atoms with van der Waals surface area (Å²) in [4.78, 5) is 24.8. The lowest BCUT2D eigenvalue weighted by Crippen LogP contribution is -2.48. The van der Waals surface area contributed by atoms with Gasteiger partial charge in [0.2, 0.25) is 5.91 Å². The van der Waals surface area contributed by atoms with E-state index in [9.17, 15) is 9.59 Å². The lowest BCUT2D eigenvalue weighted by molar-refractivity contribution is -0.121. The van der Waals surface area contributed by atoms with Crippen molar-refractivity contribution < 1.29 is 9.59 Å². The van der Waals surface area contributed by atoms with Crippen molar-refractivity contribution in [2.75, 3.05) is 0 Å². The van der Waals surface area contributed by atoms with Crippen molar-refractivity contribution in [2.24, 2.45) is 0 Å². The highest BCUT2D eigenvalue weighted by Crippen LogP contribution is 2.29. The number of carbonyl (C=O) groups excluding carboxylic acids is 2. The molecule has 0 bridgehead atoms. The second-order valence-electron chi connectivity index (χ2n) is 8.64. The first-order valence-corrected chi connectivity index (χ1v) is 11.6. The molecule has 0 saturated heterocycles. The molecule has 7 nitrogen and oxygen atoms in total. The van der Waals surface area contributed by atoms with Gasteiger partial charge in [-0.2, -0.15) is 5.10 Å². The summed E-state index contributed by atoms with van der Waals surface area (Å²) in [6.45, 7) is 0.708. The number of benzene rings is 3. The molecule has 7 heteroatoms. The maximum atomic E-state index is 12.5. The summed E-state index contributed by atoms with van der Waals surface area (Å²) in [6.07, 6.45) is 4.77. The molecule has 0 fully saturated rings. The Hall–Kier alpha value is -4.13. The normalized spacial score (nSPS) is 14.9. The summed E-state index contributed by atoms with van der Waals surface area (Å²) in [6, 6.07) is 23.6. The number of rotatable bonds is 5. The molecule has 5 rings (SSSR count). The number of nitrogens with zero attached hydrogens (tertiary/aromatic N) is 2. The second-order valence-corrected chi connectivity index (χ2v) is 8.64. The SMILES string of the molecule is O=C(Cc1ccc2ccccc2c1)NNC(=O)NC1CCCc2c1cnn2Cc1ccccc1. The molecule has 0 spiro atoms. The van der Waals surface area contributed by atoms with Crippen LogP contribution >= 0.6 is 0 Å². The Balaban J connectivity index is 1.15. The Morgan fingerprint density at radius 1 is 0.912 bits per heavy atom. The monoisotopic (exact) mass is 453 g/mol. The van der Waals surface area contributed by atoms with E-state index in [-0.39, 0.29) is 18.4 Å². The van der Waals surface area contributed by atoms with Crippen molar-refractivity contribution in [1.29, 1.82) is 0 Å². The highest BCUT2D eigenvalue weighted by atomic mass is 16.2. The zero-order valence-corrected chi connectivity index (χ0v) is 18.8. The third-order valence-corrected chi connectivity index (χ3v) is 6.24. The second kappa shape index (κ2) is 9.79. The van der Waals surface area contributed by atoms with Gasteiger partial charge in [0.15, 0.2) is 0 Å². The standard InChI is InChI=1S/C27H27N5O2/c33-26(16-20-13-14-21-9-4-5-10-22(21)15-20)30-31-27(34)29-24-11-6-12-25-23(24)17-28-32(25)18-19-7-2-1-3-8-19/h1-5,7-10,13-15,17,24H,6,11-12,16,18H2,(H,30,33)(H2,29,31,34). The number of hydrazine groups is 1. The molecule has 1 aromatic heterocycles. The summed E-state index contributed by atoms with van der Waals surface area (Å²) < 4.78 is 2.02. The summed E-state index contributed by atoms with van der Waals surface area (Å²) in [5.41, 5.74) is 9.27. The van der Waals surface area contributed by atoms with E-state index in [2.05, 4.69) is 33.4 Å². The Labute approximate surface area is 198 Å². The first-order valence-electron chi connectivity index (χ1n) is 11.6. The number of carbonyl (C=O) groups is 2. The van der Waals surface area contributed by atoms with Crippen LogP contribution in [0.4, 0.5) is 4.79 Å². The van der Waals surface area contributed by atoms with Gasteiger partial charge in [0.05, 0.1) is 25.2 Å². The van der Waals surface area contributed by atoms with E-state index in [1.54, 1.807) is 0 Å². The lowest BCUT2D eigenvalue weighted by Gasteiger charge is -2.24. The van der Waals surface area contributed by atoms with E-state index < -0.39 is 6.03 Å². The average Bonchev–Trinajstić information content (AvgIpc) is 3.27. The molecule has 34 heavy (non-hydrogen) atoms. The van der Waals surface area contributed by atoms with Gasteiger partial charge in [-0.15, -0.1) is 0 Å². The molecule has 3 aromatic carbocycles. The summed E-state index contributed by atoms with van der Waals surface area (Å²) in [5, 5.41) is 9.76. The van der Waals surface area contributed by atoms with E-state index in [1.165, 1.54) is 5.56 Å².